The molecule has 0 saturated carbocycles. The molecule has 0 spiro atoms. The van der Waals surface area contributed by atoms with Crippen LogP contribution in [0.25, 0.3) is 11.3 Å². The van der Waals surface area contributed by atoms with Gasteiger partial charge in [0.1, 0.15) is 0 Å². The maximum Gasteiger partial charge on any atom is 0.161 e. The maximum atomic E-state index is 5.46. The molecule has 1 heterocycles. The van der Waals surface area contributed by atoms with Crippen molar-refractivity contribution >= 4 is 27.4 Å². The van der Waals surface area contributed by atoms with Gasteiger partial charge in [-0.25, -0.2) is 0 Å². The van der Waals surface area contributed by atoms with Crippen LogP contribution in [-0.2, 0) is 13.5 Å². The highest BCUT2D eigenvalue weighted by Crippen LogP contribution is 2.45. The molecule has 0 radical (unpaired) electrons. The van der Waals surface area contributed by atoms with Crippen molar-refractivity contribution in [3.05, 3.63) is 52.0 Å². The SMILES string of the molecule is COc1cc2c(cc1OC)-c1c(c(Nc3cccc(Br)c3)nn1C)C2. The van der Waals surface area contributed by atoms with Gasteiger partial charge in [0.25, 0.3) is 0 Å². The number of rotatable bonds is 4. The minimum absolute atomic E-state index is 0.733. The number of benzene rings is 2. The second-order valence-electron chi connectivity index (χ2n) is 5.98. The average molecular weight is 400 g/mol. The summed E-state index contributed by atoms with van der Waals surface area (Å²) in [6, 6.07) is 12.2. The van der Waals surface area contributed by atoms with E-state index >= 15 is 0 Å². The number of ether oxygens (including phenoxy) is 2. The van der Waals surface area contributed by atoms with Crippen LogP contribution in [0.3, 0.4) is 0 Å². The predicted molar refractivity (Wildman–Crippen MR) is 102 cm³/mol. The molecule has 0 saturated heterocycles. The van der Waals surface area contributed by atoms with E-state index in [9.17, 15) is 0 Å². The van der Waals surface area contributed by atoms with Crippen LogP contribution in [-0.4, -0.2) is 24.0 Å². The zero-order valence-electron chi connectivity index (χ0n) is 14.3. The van der Waals surface area contributed by atoms with Crippen LogP contribution in [0.2, 0.25) is 0 Å². The Morgan fingerprint density at radius 3 is 2.60 bits per heavy atom. The molecule has 4 rings (SSSR count). The first kappa shape index (κ1) is 16.0. The molecule has 25 heavy (non-hydrogen) atoms. The molecule has 0 fully saturated rings. The van der Waals surface area contributed by atoms with Gasteiger partial charge in [-0.1, -0.05) is 22.0 Å². The lowest BCUT2D eigenvalue weighted by Gasteiger charge is -2.11. The summed E-state index contributed by atoms with van der Waals surface area (Å²) in [6.45, 7) is 0. The largest absolute Gasteiger partial charge is 0.493 e. The van der Waals surface area contributed by atoms with E-state index in [0.717, 1.165) is 45.2 Å². The Morgan fingerprint density at radius 1 is 1.12 bits per heavy atom. The van der Waals surface area contributed by atoms with E-state index in [0.29, 0.717) is 0 Å². The van der Waals surface area contributed by atoms with Crippen LogP contribution in [0.4, 0.5) is 11.5 Å². The third-order valence-electron chi connectivity index (χ3n) is 4.46. The predicted octanol–water partition coefficient (Wildman–Crippen LogP) is 4.51. The number of aryl methyl sites for hydroxylation is 1. The molecule has 1 aliphatic rings. The summed E-state index contributed by atoms with van der Waals surface area (Å²) in [5, 5.41) is 8.11. The zero-order valence-corrected chi connectivity index (χ0v) is 15.8. The minimum atomic E-state index is 0.733. The minimum Gasteiger partial charge on any atom is -0.493 e. The summed E-state index contributed by atoms with van der Waals surface area (Å²) in [4.78, 5) is 0. The monoisotopic (exact) mass is 399 g/mol. The van der Waals surface area contributed by atoms with Crippen molar-refractivity contribution in [2.75, 3.05) is 19.5 Å². The lowest BCUT2D eigenvalue weighted by molar-refractivity contribution is 0.355. The normalized spacial score (nSPS) is 11.8. The van der Waals surface area contributed by atoms with Gasteiger partial charge in [-0.2, -0.15) is 5.10 Å². The van der Waals surface area contributed by atoms with Crippen molar-refractivity contribution in [1.29, 1.82) is 0 Å². The van der Waals surface area contributed by atoms with Gasteiger partial charge >= 0.3 is 0 Å². The van der Waals surface area contributed by atoms with Crippen molar-refractivity contribution in [2.45, 2.75) is 6.42 Å². The van der Waals surface area contributed by atoms with Crippen LogP contribution >= 0.6 is 15.9 Å². The fraction of sp³-hybridized carbons (Fsp3) is 0.211. The summed E-state index contributed by atoms with van der Waals surface area (Å²) < 4.78 is 13.8. The molecule has 3 aromatic rings. The van der Waals surface area contributed by atoms with Crippen molar-refractivity contribution in [2.24, 2.45) is 7.05 Å². The van der Waals surface area contributed by atoms with Gasteiger partial charge in [0.05, 0.1) is 19.9 Å². The first-order valence-corrected chi connectivity index (χ1v) is 8.73. The number of nitrogens with zero attached hydrogens (tertiary/aromatic N) is 2. The van der Waals surface area contributed by atoms with Gasteiger partial charge in [-0.3, -0.25) is 4.68 Å². The Labute approximate surface area is 154 Å². The Kier molecular flexibility index (Phi) is 3.92. The zero-order chi connectivity index (χ0) is 17.6. The van der Waals surface area contributed by atoms with Crippen LogP contribution in [0, 0.1) is 0 Å². The summed E-state index contributed by atoms with van der Waals surface area (Å²) in [5.41, 5.74) is 5.67. The van der Waals surface area contributed by atoms with Crippen LogP contribution < -0.4 is 14.8 Å². The summed E-state index contributed by atoms with van der Waals surface area (Å²) in [6.07, 6.45) is 0.815. The quantitative estimate of drug-likeness (QED) is 0.548. The van der Waals surface area contributed by atoms with E-state index in [1.807, 2.05) is 42.1 Å². The first-order chi connectivity index (χ1) is 12.1. The number of nitrogens with one attached hydrogen (secondary N) is 1. The lowest BCUT2D eigenvalue weighted by Crippen LogP contribution is -1.98. The van der Waals surface area contributed by atoms with Gasteiger partial charge in [0, 0.05) is 34.8 Å². The molecule has 0 atom stereocenters. The van der Waals surface area contributed by atoms with Crippen molar-refractivity contribution in [3.8, 4) is 22.8 Å². The standard InChI is InChI=1S/C19H18BrN3O2/c1-23-18-14-10-17(25-3)16(24-2)8-11(14)7-15(18)19(22-23)21-13-6-4-5-12(20)9-13/h4-6,8-10H,7H2,1-3H3,(H,21,22). The third kappa shape index (κ3) is 2.66. The molecular formula is C19H18BrN3O2. The van der Waals surface area contributed by atoms with E-state index in [-0.39, 0.29) is 0 Å². The Hall–Kier alpha value is -2.47. The van der Waals surface area contributed by atoms with Gasteiger partial charge in [0.2, 0.25) is 0 Å². The highest BCUT2D eigenvalue weighted by molar-refractivity contribution is 9.10. The molecule has 5 nitrogen and oxygen atoms in total. The second kappa shape index (κ2) is 6.11. The molecule has 0 bridgehead atoms. The van der Waals surface area contributed by atoms with E-state index in [2.05, 4.69) is 32.4 Å². The highest BCUT2D eigenvalue weighted by Gasteiger charge is 2.28. The molecule has 0 unspecified atom stereocenters. The number of hydrogen-bond acceptors (Lipinski definition) is 4. The maximum absolute atomic E-state index is 5.46. The molecule has 1 aromatic heterocycles. The van der Waals surface area contributed by atoms with Gasteiger partial charge in [-0.05, 0) is 35.9 Å². The van der Waals surface area contributed by atoms with Crippen molar-refractivity contribution in [3.63, 3.8) is 0 Å². The smallest absolute Gasteiger partial charge is 0.161 e. The molecule has 0 amide bonds. The summed E-state index contributed by atoms with van der Waals surface area (Å²) in [7, 11) is 5.29. The van der Waals surface area contributed by atoms with Crippen molar-refractivity contribution < 1.29 is 9.47 Å². The molecule has 6 heteroatoms. The first-order valence-electron chi connectivity index (χ1n) is 7.94. The molecule has 1 aliphatic carbocycles. The lowest BCUT2D eigenvalue weighted by atomic mass is 10.1. The van der Waals surface area contributed by atoms with E-state index in [1.165, 1.54) is 11.1 Å². The Bertz CT molecular complexity index is 966. The second-order valence-corrected chi connectivity index (χ2v) is 6.89. The van der Waals surface area contributed by atoms with E-state index < -0.39 is 0 Å². The average Bonchev–Trinajstić information content (AvgIpc) is 3.11. The van der Waals surface area contributed by atoms with Crippen LogP contribution in [0.5, 0.6) is 11.5 Å². The number of aromatic nitrogens is 2. The number of hydrogen-bond donors (Lipinski definition) is 1. The summed E-state index contributed by atoms with van der Waals surface area (Å²) in [5.74, 6) is 2.37. The topological polar surface area (TPSA) is 48.3 Å². The molecule has 0 aliphatic heterocycles. The number of anilines is 2. The fourth-order valence-corrected chi connectivity index (χ4v) is 3.75. The van der Waals surface area contributed by atoms with E-state index in [4.69, 9.17) is 9.47 Å². The molecule has 2 aromatic carbocycles. The number of fused-ring (bicyclic) bond motifs is 3. The molecular weight excluding hydrogens is 382 g/mol. The summed E-state index contributed by atoms with van der Waals surface area (Å²) >= 11 is 3.50. The van der Waals surface area contributed by atoms with E-state index in [1.54, 1.807) is 14.2 Å². The Balaban J connectivity index is 1.77. The third-order valence-corrected chi connectivity index (χ3v) is 4.96. The number of halogens is 1. The fourth-order valence-electron chi connectivity index (χ4n) is 3.35. The van der Waals surface area contributed by atoms with Crippen molar-refractivity contribution in [1.82, 2.24) is 9.78 Å². The van der Waals surface area contributed by atoms with Crippen LogP contribution in [0.15, 0.2) is 40.9 Å². The molecule has 128 valence electrons. The Morgan fingerprint density at radius 2 is 1.88 bits per heavy atom. The van der Waals surface area contributed by atoms with Gasteiger partial charge < -0.3 is 14.8 Å². The molecule has 1 N–H and O–H groups in total. The van der Waals surface area contributed by atoms with Gasteiger partial charge in [0.15, 0.2) is 17.3 Å². The van der Waals surface area contributed by atoms with Crippen LogP contribution in [0.1, 0.15) is 11.1 Å². The number of methoxy groups -OCH3 is 2. The highest BCUT2D eigenvalue weighted by atomic mass is 79.9. The van der Waals surface area contributed by atoms with Gasteiger partial charge in [-0.15, -0.1) is 0 Å².